The molecule has 2 aromatic heterocycles. The Morgan fingerprint density at radius 1 is 1.29 bits per heavy atom. The Hall–Kier alpha value is -2.56. The van der Waals surface area contributed by atoms with E-state index in [2.05, 4.69) is 32.1 Å². The van der Waals surface area contributed by atoms with Crippen molar-refractivity contribution in [3.05, 3.63) is 43.2 Å². The molecule has 0 amide bonds. The molecule has 17 heavy (non-hydrogen) atoms. The lowest BCUT2D eigenvalue weighted by atomic mass is 10.3. The molecular formula is C12H11N5. The van der Waals surface area contributed by atoms with E-state index in [1.807, 2.05) is 24.3 Å². The Morgan fingerprint density at radius 3 is 3.00 bits per heavy atom. The van der Waals surface area contributed by atoms with Crippen molar-refractivity contribution in [1.29, 1.82) is 0 Å². The number of hydrogen-bond acceptors (Lipinski definition) is 3. The topological polar surface area (TPSA) is 69.4 Å². The van der Waals surface area contributed by atoms with Gasteiger partial charge in [0.25, 0.3) is 0 Å². The van der Waals surface area contributed by atoms with Crippen molar-refractivity contribution < 1.29 is 0 Å². The predicted molar refractivity (Wildman–Crippen MR) is 67.5 cm³/mol. The lowest BCUT2D eigenvalue weighted by Gasteiger charge is -1.97. The predicted octanol–water partition coefficient (Wildman–Crippen LogP) is 2.51. The highest BCUT2D eigenvalue weighted by atomic mass is 15.2. The lowest BCUT2D eigenvalue weighted by molar-refractivity contribution is 1.08. The monoisotopic (exact) mass is 225 g/mol. The molecule has 0 unspecified atom stereocenters. The van der Waals surface area contributed by atoms with E-state index in [1.54, 1.807) is 12.4 Å². The molecule has 3 aromatic rings. The number of H-pyrrole nitrogens is 2. The van der Waals surface area contributed by atoms with Gasteiger partial charge in [0.05, 0.1) is 22.9 Å². The maximum atomic E-state index is 4.50. The molecule has 0 saturated carbocycles. The molecule has 3 rings (SSSR count). The summed E-state index contributed by atoms with van der Waals surface area (Å²) in [6.45, 7) is 3.63. The Labute approximate surface area is 97.6 Å². The number of para-hydroxylation sites is 2. The van der Waals surface area contributed by atoms with Gasteiger partial charge in [-0.2, -0.15) is 5.10 Å². The standard InChI is InChI=1S/C12H11N5/c1-2-13-10-7-14-17-11(10)12-15-8-5-3-4-6-9(8)16-12/h2-7,13H,1H2,(H,14,17)(H,15,16). The molecule has 3 N–H and O–H groups in total. The minimum atomic E-state index is 0.757. The van der Waals surface area contributed by atoms with Gasteiger partial charge in [-0.3, -0.25) is 5.10 Å². The van der Waals surface area contributed by atoms with Crippen LogP contribution < -0.4 is 5.32 Å². The number of nitrogens with one attached hydrogen (secondary N) is 3. The summed E-state index contributed by atoms with van der Waals surface area (Å²) in [5, 5.41) is 9.91. The van der Waals surface area contributed by atoms with Gasteiger partial charge in [-0.1, -0.05) is 18.7 Å². The van der Waals surface area contributed by atoms with Crippen molar-refractivity contribution in [2.75, 3.05) is 5.32 Å². The van der Waals surface area contributed by atoms with Crippen molar-refractivity contribution in [2.24, 2.45) is 0 Å². The molecule has 0 aliphatic rings. The molecule has 5 heteroatoms. The maximum Gasteiger partial charge on any atom is 0.158 e. The Balaban J connectivity index is 2.13. The molecule has 84 valence electrons. The summed E-state index contributed by atoms with van der Waals surface area (Å²) in [5.41, 5.74) is 3.60. The van der Waals surface area contributed by atoms with Gasteiger partial charge in [0.2, 0.25) is 0 Å². The largest absolute Gasteiger partial charge is 0.359 e. The van der Waals surface area contributed by atoms with Crippen molar-refractivity contribution in [3.8, 4) is 11.5 Å². The Kier molecular flexibility index (Phi) is 2.15. The summed E-state index contributed by atoms with van der Waals surface area (Å²) < 4.78 is 0. The average Bonchev–Trinajstić information content (AvgIpc) is 2.94. The highest BCUT2D eigenvalue weighted by Crippen LogP contribution is 2.24. The summed E-state index contributed by atoms with van der Waals surface area (Å²) in [4.78, 5) is 7.74. The normalized spacial score (nSPS) is 10.6. The second-order valence-electron chi connectivity index (χ2n) is 3.61. The quantitative estimate of drug-likeness (QED) is 0.641. The van der Waals surface area contributed by atoms with Crippen molar-refractivity contribution in [1.82, 2.24) is 20.2 Å². The second-order valence-corrected chi connectivity index (χ2v) is 3.61. The molecule has 0 aliphatic heterocycles. The van der Waals surface area contributed by atoms with Gasteiger partial charge in [0, 0.05) is 0 Å². The van der Waals surface area contributed by atoms with Gasteiger partial charge in [-0.25, -0.2) is 4.98 Å². The zero-order chi connectivity index (χ0) is 11.7. The van der Waals surface area contributed by atoms with Crippen molar-refractivity contribution in [2.45, 2.75) is 0 Å². The first kappa shape index (κ1) is 9.65. The minimum Gasteiger partial charge on any atom is -0.359 e. The number of aromatic amines is 2. The van der Waals surface area contributed by atoms with E-state index >= 15 is 0 Å². The third-order valence-electron chi connectivity index (χ3n) is 2.52. The van der Waals surface area contributed by atoms with Gasteiger partial charge >= 0.3 is 0 Å². The van der Waals surface area contributed by atoms with Crippen LogP contribution in [0.15, 0.2) is 43.2 Å². The van der Waals surface area contributed by atoms with Crippen molar-refractivity contribution >= 4 is 16.7 Å². The Bertz CT molecular complexity index is 631. The molecule has 5 nitrogen and oxygen atoms in total. The summed E-state index contributed by atoms with van der Waals surface area (Å²) in [5.74, 6) is 0.757. The highest BCUT2D eigenvalue weighted by Gasteiger charge is 2.10. The first-order valence-corrected chi connectivity index (χ1v) is 5.24. The van der Waals surface area contributed by atoms with Gasteiger partial charge in [0.15, 0.2) is 5.82 Å². The van der Waals surface area contributed by atoms with E-state index in [9.17, 15) is 0 Å². The van der Waals surface area contributed by atoms with E-state index in [0.29, 0.717) is 0 Å². The van der Waals surface area contributed by atoms with Crippen LogP contribution in [-0.4, -0.2) is 20.2 Å². The summed E-state index contributed by atoms with van der Waals surface area (Å²) >= 11 is 0. The van der Waals surface area contributed by atoms with Crippen LogP contribution in [-0.2, 0) is 0 Å². The number of fused-ring (bicyclic) bond motifs is 1. The maximum absolute atomic E-state index is 4.50. The molecule has 0 bridgehead atoms. The van der Waals surface area contributed by atoms with Crippen LogP contribution in [0.2, 0.25) is 0 Å². The van der Waals surface area contributed by atoms with E-state index in [4.69, 9.17) is 0 Å². The van der Waals surface area contributed by atoms with E-state index < -0.39 is 0 Å². The number of aromatic nitrogens is 4. The lowest BCUT2D eigenvalue weighted by Crippen LogP contribution is -1.89. The molecule has 0 aliphatic carbocycles. The zero-order valence-corrected chi connectivity index (χ0v) is 9.07. The SMILES string of the molecule is C=CNc1cn[nH]c1-c1nc2ccccc2[nH]1. The first-order chi connectivity index (χ1) is 8.38. The fourth-order valence-corrected chi connectivity index (χ4v) is 1.76. The molecule has 0 saturated heterocycles. The van der Waals surface area contributed by atoms with Crippen LogP contribution >= 0.6 is 0 Å². The van der Waals surface area contributed by atoms with Crippen LogP contribution in [0.5, 0.6) is 0 Å². The Morgan fingerprint density at radius 2 is 2.18 bits per heavy atom. The first-order valence-electron chi connectivity index (χ1n) is 5.24. The van der Waals surface area contributed by atoms with Gasteiger partial charge in [-0.15, -0.1) is 0 Å². The molecule has 1 aromatic carbocycles. The van der Waals surface area contributed by atoms with Gasteiger partial charge in [0.1, 0.15) is 5.69 Å². The number of nitrogens with zero attached hydrogens (tertiary/aromatic N) is 2. The summed E-state index contributed by atoms with van der Waals surface area (Å²) in [6, 6.07) is 7.89. The number of imidazole rings is 1. The number of rotatable bonds is 3. The third kappa shape index (κ3) is 1.57. The number of benzene rings is 1. The second kappa shape index (κ2) is 3.79. The van der Waals surface area contributed by atoms with Crippen molar-refractivity contribution in [3.63, 3.8) is 0 Å². The smallest absolute Gasteiger partial charge is 0.158 e. The fourth-order valence-electron chi connectivity index (χ4n) is 1.76. The van der Waals surface area contributed by atoms with E-state index in [1.165, 1.54) is 0 Å². The molecule has 0 radical (unpaired) electrons. The molecule has 2 heterocycles. The zero-order valence-electron chi connectivity index (χ0n) is 9.07. The molecule has 0 spiro atoms. The van der Waals surface area contributed by atoms with Gasteiger partial charge < -0.3 is 10.3 Å². The molecule has 0 fully saturated rings. The van der Waals surface area contributed by atoms with E-state index in [-0.39, 0.29) is 0 Å². The van der Waals surface area contributed by atoms with E-state index in [0.717, 1.165) is 28.2 Å². The summed E-state index contributed by atoms with van der Waals surface area (Å²) in [7, 11) is 0. The third-order valence-corrected chi connectivity index (χ3v) is 2.52. The highest BCUT2D eigenvalue weighted by molar-refractivity contribution is 5.81. The number of hydrogen-bond donors (Lipinski definition) is 3. The molecular weight excluding hydrogens is 214 g/mol. The summed E-state index contributed by atoms with van der Waals surface area (Å²) in [6.07, 6.45) is 3.31. The number of anilines is 1. The van der Waals surface area contributed by atoms with Crippen LogP contribution in [0.1, 0.15) is 0 Å². The average molecular weight is 225 g/mol. The van der Waals surface area contributed by atoms with Crippen LogP contribution in [0.4, 0.5) is 5.69 Å². The van der Waals surface area contributed by atoms with Crippen LogP contribution in [0.25, 0.3) is 22.6 Å². The fraction of sp³-hybridized carbons (Fsp3) is 0. The minimum absolute atomic E-state index is 0.757. The van der Waals surface area contributed by atoms with Gasteiger partial charge in [-0.05, 0) is 18.3 Å². The molecule has 0 atom stereocenters. The van der Waals surface area contributed by atoms with Crippen LogP contribution in [0.3, 0.4) is 0 Å². The van der Waals surface area contributed by atoms with Crippen LogP contribution in [0, 0.1) is 0 Å².